The van der Waals surface area contributed by atoms with Gasteiger partial charge in [-0.15, -0.1) is 12.6 Å². The van der Waals surface area contributed by atoms with E-state index in [0.29, 0.717) is 19.4 Å². The Morgan fingerprint density at radius 3 is 2.49 bits per heavy atom. The zero-order valence-corrected chi connectivity index (χ0v) is 21.9. The van der Waals surface area contributed by atoms with Crippen molar-refractivity contribution in [3.05, 3.63) is 22.7 Å². The van der Waals surface area contributed by atoms with Crippen LogP contribution >= 0.6 is 12.6 Å². The molecule has 2 fully saturated rings. The molecule has 1 aliphatic heterocycles. The number of rotatable bonds is 10. The molecule has 1 saturated carbocycles. The largest absolute Gasteiger partial charge is 0.444 e. The van der Waals surface area contributed by atoms with Crippen LogP contribution in [0, 0.1) is 11.8 Å². The highest BCUT2D eigenvalue weighted by Gasteiger charge is 2.44. The number of nitrogens with two attached hydrogens (primary N) is 1. The third-order valence-electron chi connectivity index (χ3n) is 6.23. The highest BCUT2D eigenvalue weighted by molar-refractivity contribution is 7.82. The summed E-state index contributed by atoms with van der Waals surface area (Å²) >= 11 is 3.99. The SMILES string of the molecule is CC(C)(C)OC(=O)Nc1nccn([C@@H](CC2CC2)C(=O)N[C@@H](C[C@@H]2CCNC2=O)[C@](O)(S)C(N)=O)c1=O. The molecule has 14 heteroatoms. The van der Waals surface area contributed by atoms with Crippen LogP contribution < -0.4 is 27.2 Å². The number of thiol groups is 1. The Morgan fingerprint density at radius 2 is 1.95 bits per heavy atom. The standard InChI is InChI=1S/C23H34N6O7S/c1-22(2,3)36-21(34)28-16-19(32)29(9-8-25-16)14(10-12-4-5-12)18(31)27-15(23(35,37)20(24)33)11-13-6-7-26-17(13)30/h8-9,12-15,35,37H,4-7,10-11H2,1-3H3,(H2,24,33)(H,26,30)(H,27,31)(H,25,28,34)/t13-,14-,15-,23-/m0/s1. The van der Waals surface area contributed by atoms with Gasteiger partial charge in [-0.25, -0.2) is 9.78 Å². The second-order valence-corrected chi connectivity index (χ2v) is 11.2. The van der Waals surface area contributed by atoms with Gasteiger partial charge in [-0.3, -0.25) is 29.1 Å². The van der Waals surface area contributed by atoms with Crippen LogP contribution in [0.3, 0.4) is 0 Å². The summed E-state index contributed by atoms with van der Waals surface area (Å²) in [6.45, 7) is 5.43. The van der Waals surface area contributed by atoms with Crippen molar-refractivity contribution in [3.63, 3.8) is 0 Å². The summed E-state index contributed by atoms with van der Waals surface area (Å²) < 4.78 is 6.31. The van der Waals surface area contributed by atoms with E-state index < -0.39 is 52.0 Å². The van der Waals surface area contributed by atoms with Gasteiger partial charge in [0.2, 0.25) is 22.6 Å². The molecule has 0 radical (unpaired) electrons. The van der Waals surface area contributed by atoms with E-state index in [2.05, 4.69) is 33.6 Å². The summed E-state index contributed by atoms with van der Waals surface area (Å²) in [7, 11) is 0. The van der Waals surface area contributed by atoms with E-state index in [1.54, 1.807) is 20.8 Å². The third-order valence-corrected chi connectivity index (χ3v) is 6.76. The maximum atomic E-state index is 13.5. The first-order valence-corrected chi connectivity index (χ1v) is 12.5. The number of hydrogen-bond donors (Lipinski definition) is 6. The van der Waals surface area contributed by atoms with Crippen molar-refractivity contribution in [2.45, 2.75) is 75.5 Å². The fourth-order valence-electron chi connectivity index (χ4n) is 4.09. The molecule has 1 aromatic heterocycles. The number of amides is 4. The van der Waals surface area contributed by atoms with Crippen molar-refractivity contribution in [2.75, 3.05) is 11.9 Å². The molecule has 0 spiro atoms. The minimum absolute atomic E-state index is 0.0899. The molecule has 4 atom stereocenters. The molecule has 3 rings (SSSR count). The Labute approximate surface area is 219 Å². The number of carbonyl (C=O) groups excluding carboxylic acids is 4. The van der Waals surface area contributed by atoms with Crippen molar-refractivity contribution in [1.29, 1.82) is 0 Å². The molecule has 4 amide bonds. The van der Waals surface area contributed by atoms with Crippen LogP contribution in [-0.4, -0.2) is 61.6 Å². The number of nitrogens with zero attached hydrogens (tertiary/aromatic N) is 2. The van der Waals surface area contributed by atoms with E-state index in [1.165, 1.54) is 12.4 Å². The highest BCUT2D eigenvalue weighted by atomic mass is 32.1. The van der Waals surface area contributed by atoms with Crippen LogP contribution in [0.25, 0.3) is 0 Å². The van der Waals surface area contributed by atoms with E-state index >= 15 is 0 Å². The maximum Gasteiger partial charge on any atom is 0.413 e. The first-order chi connectivity index (χ1) is 17.2. The van der Waals surface area contributed by atoms with E-state index in [0.717, 1.165) is 17.4 Å². The zero-order valence-electron chi connectivity index (χ0n) is 21.0. The molecule has 0 bridgehead atoms. The summed E-state index contributed by atoms with van der Waals surface area (Å²) in [5.74, 6) is -2.86. The molecular weight excluding hydrogens is 504 g/mol. The highest BCUT2D eigenvalue weighted by Crippen LogP contribution is 2.37. The lowest BCUT2D eigenvalue weighted by atomic mass is 9.93. The Hall–Kier alpha value is -3.13. The van der Waals surface area contributed by atoms with Crippen molar-refractivity contribution in [3.8, 4) is 0 Å². The lowest BCUT2D eigenvalue weighted by Crippen LogP contribution is -2.58. The summed E-state index contributed by atoms with van der Waals surface area (Å²) in [5, 5.41) is 18.3. The summed E-state index contributed by atoms with van der Waals surface area (Å²) in [5.41, 5.74) is 3.79. The van der Waals surface area contributed by atoms with Gasteiger partial charge in [-0.05, 0) is 46.0 Å². The average Bonchev–Trinajstić information content (AvgIpc) is 3.52. The van der Waals surface area contributed by atoms with Crippen LogP contribution in [0.4, 0.5) is 10.6 Å². The number of carbonyl (C=O) groups is 4. The first-order valence-electron chi connectivity index (χ1n) is 12.1. The molecular formula is C23H34N6O7S. The van der Waals surface area contributed by atoms with Gasteiger partial charge < -0.3 is 26.2 Å². The van der Waals surface area contributed by atoms with Gasteiger partial charge in [0.15, 0.2) is 0 Å². The molecule has 37 heavy (non-hydrogen) atoms. The summed E-state index contributed by atoms with van der Waals surface area (Å²) in [6.07, 6.45) is 4.09. The van der Waals surface area contributed by atoms with Crippen LogP contribution in [0.5, 0.6) is 0 Å². The zero-order chi connectivity index (χ0) is 27.5. The molecule has 1 saturated heterocycles. The average molecular weight is 539 g/mol. The Morgan fingerprint density at radius 1 is 1.27 bits per heavy atom. The van der Waals surface area contributed by atoms with Crippen LogP contribution in [-0.2, 0) is 19.1 Å². The van der Waals surface area contributed by atoms with Crippen LogP contribution in [0.1, 0.15) is 58.9 Å². The topological polar surface area (TPSA) is 195 Å². The first kappa shape index (κ1) is 28.4. The van der Waals surface area contributed by atoms with Gasteiger partial charge in [-0.1, -0.05) is 12.8 Å². The Kier molecular flexibility index (Phi) is 8.52. The van der Waals surface area contributed by atoms with E-state index in [1.807, 2.05) is 0 Å². The van der Waals surface area contributed by atoms with Crippen molar-refractivity contribution in [1.82, 2.24) is 20.2 Å². The predicted octanol–water partition coefficient (Wildman–Crippen LogP) is 0.0462. The predicted molar refractivity (Wildman–Crippen MR) is 136 cm³/mol. The van der Waals surface area contributed by atoms with Gasteiger partial charge >= 0.3 is 6.09 Å². The number of nitrogens with one attached hydrogen (secondary N) is 3. The second kappa shape index (κ2) is 11.1. The van der Waals surface area contributed by atoms with E-state index in [9.17, 15) is 29.1 Å². The third kappa shape index (κ3) is 7.44. The number of primary amides is 1. The number of hydrogen-bond acceptors (Lipinski definition) is 9. The molecule has 2 aliphatic rings. The molecule has 0 aromatic carbocycles. The molecule has 6 N–H and O–H groups in total. The van der Waals surface area contributed by atoms with Crippen LogP contribution in [0.2, 0.25) is 0 Å². The fourth-order valence-corrected chi connectivity index (χ4v) is 4.26. The van der Waals surface area contributed by atoms with Gasteiger partial charge in [0.25, 0.3) is 11.5 Å². The Balaban J connectivity index is 1.87. The minimum Gasteiger partial charge on any atom is -0.444 e. The minimum atomic E-state index is -2.45. The molecule has 204 valence electrons. The molecule has 2 heterocycles. The van der Waals surface area contributed by atoms with E-state index in [4.69, 9.17) is 10.5 Å². The van der Waals surface area contributed by atoms with Crippen LogP contribution in [0.15, 0.2) is 17.2 Å². The molecule has 0 unspecified atom stereocenters. The lowest BCUT2D eigenvalue weighted by molar-refractivity contribution is -0.134. The van der Waals surface area contributed by atoms with Gasteiger partial charge in [-0.2, -0.15) is 0 Å². The molecule has 1 aliphatic carbocycles. The van der Waals surface area contributed by atoms with Gasteiger partial charge in [0, 0.05) is 24.9 Å². The van der Waals surface area contributed by atoms with Crippen molar-refractivity contribution in [2.24, 2.45) is 17.6 Å². The number of anilines is 1. The summed E-state index contributed by atoms with van der Waals surface area (Å²) in [6, 6.07) is -2.37. The smallest absolute Gasteiger partial charge is 0.413 e. The van der Waals surface area contributed by atoms with Gasteiger partial charge in [0.1, 0.15) is 11.6 Å². The molecule has 1 aromatic rings. The summed E-state index contributed by atoms with van der Waals surface area (Å²) in [4.78, 5) is 64.4. The van der Waals surface area contributed by atoms with Gasteiger partial charge in [0.05, 0.1) is 6.04 Å². The lowest BCUT2D eigenvalue weighted by Gasteiger charge is -2.32. The normalized spacial score (nSPS) is 20.8. The number of aliphatic hydroxyl groups is 1. The molecule has 13 nitrogen and oxygen atoms in total. The second-order valence-electron chi connectivity index (χ2n) is 10.5. The monoisotopic (exact) mass is 538 g/mol. The quantitative estimate of drug-likeness (QED) is 0.177. The van der Waals surface area contributed by atoms with E-state index in [-0.39, 0.29) is 24.1 Å². The van der Waals surface area contributed by atoms with Crippen molar-refractivity contribution >= 4 is 42.3 Å². The Bertz CT molecular complexity index is 1110. The fraction of sp³-hybridized carbons (Fsp3) is 0.652. The number of ether oxygens (including phenoxy) is 1. The number of aromatic nitrogens is 2. The maximum absolute atomic E-state index is 13.5. The van der Waals surface area contributed by atoms with Crippen molar-refractivity contribution < 1.29 is 29.0 Å².